The Balaban J connectivity index is 0.000000804. The average Bonchev–Trinajstić information content (AvgIpc) is 3.31. The number of amides is 1. The molecule has 48 heavy (non-hydrogen) atoms. The topological polar surface area (TPSA) is 125 Å². The highest BCUT2D eigenvalue weighted by molar-refractivity contribution is 5.81. The number of fused-ring (bicyclic) bond motifs is 3. The molecule has 0 aliphatic heterocycles. The Morgan fingerprint density at radius 2 is 1.25 bits per heavy atom. The summed E-state index contributed by atoms with van der Waals surface area (Å²) in [6.45, 7) is -0.233. The third-order valence-corrected chi connectivity index (χ3v) is 7.00. The number of hydrogen-bond acceptors (Lipinski definition) is 5. The first kappa shape index (κ1) is 37.7. The number of benzene rings is 3. The summed E-state index contributed by atoms with van der Waals surface area (Å²) >= 11 is 0. The minimum absolute atomic E-state index is 0.00927. The predicted molar refractivity (Wildman–Crippen MR) is 151 cm³/mol. The van der Waals surface area contributed by atoms with Crippen molar-refractivity contribution in [2.75, 3.05) is 13.2 Å². The van der Waals surface area contributed by atoms with Gasteiger partial charge in [0.05, 0.1) is 11.1 Å². The van der Waals surface area contributed by atoms with E-state index in [4.69, 9.17) is 14.6 Å². The molecule has 0 saturated heterocycles. The van der Waals surface area contributed by atoms with Crippen LogP contribution in [0.25, 0.3) is 11.1 Å². The number of aliphatic carboxylic acids is 2. The zero-order valence-electron chi connectivity index (χ0n) is 24.5. The van der Waals surface area contributed by atoms with E-state index in [1.54, 1.807) is 0 Å². The molecule has 0 saturated carbocycles. The van der Waals surface area contributed by atoms with E-state index in [1.807, 2.05) is 48.5 Å². The molecule has 0 aromatic heterocycles. The first-order valence-corrected chi connectivity index (χ1v) is 13.9. The summed E-state index contributed by atoms with van der Waals surface area (Å²) in [6.07, 6.45) is -15.8. The van der Waals surface area contributed by atoms with Crippen LogP contribution in [0.15, 0.2) is 66.7 Å². The van der Waals surface area contributed by atoms with Gasteiger partial charge in [0, 0.05) is 12.5 Å². The van der Waals surface area contributed by atoms with Gasteiger partial charge in [0.2, 0.25) is 0 Å². The molecule has 0 radical (unpaired) electrons. The van der Waals surface area contributed by atoms with Crippen LogP contribution in [0.1, 0.15) is 46.6 Å². The molecular weight excluding hydrogens is 667 g/mol. The summed E-state index contributed by atoms with van der Waals surface area (Å²) < 4.78 is 115. The molecule has 0 unspecified atom stereocenters. The highest BCUT2D eigenvalue weighted by Crippen LogP contribution is 2.44. The minimum atomic E-state index is -5.08. The van der Waals surface area contributed by atoms with Gasteiger partial charge in [-0.25, -0.2) is 14.4 Å². The van der Waals surface area contributed by atoms with Crippen molar-refractivity contribution in [1.82, 2.24) is 10.6 Å². The molecule has 8 nitrogen and oxygen atoms in total. The summed E-state index contributed by atoms with van der Waals surface area (Å²) in [6, 6.07) is 15.4. The van der Waals surface area contributed by atoms with E-state index in [-0.39, 0.29) is 50.1 Å². The number of nitrogens with one attached hydrogen (secondary N) is 2. The third-order valence-electron chi connectivity index (χ3n) is 7.00. The summed E-state index contributed by atoms with van der Waals surface area (Å²) in [5, 5.41) is 21.7. The van der Waals surface area contributed by atoms with Gasteiger partial charge < -0.3 is 25.6 Å². The van der Waals surface area contributed by atoms with Crippen LogP contribution in [0, 0.1) is 0 Å². The Morgan fingerprint density at radius 3 is 1.69 bits per heavy atom. The third kappa shape index (κ3) is 10.4. The van der Waals surface area contributed by atoms with E-state index in [1.165, 1.54) is 0 Å². The van der Waals surface area contributed by atoms with Gasteiger partial charge in [-0.3, -0.25) is 0 Å². The number of carbonyl (C=O) groups is 3. The summed E-state index contributed by atoms with van der Waals surface area (Å²) in [5.41, 5.74) is 1.000. The van der Waals surface area contributed by atoms with Crippen molar-refractivity contribution in [2.45, 2.75) is 49.9 Å². The number of alkyl carbamates (subject to hydrolysis) is 1. The Kier molecular flexibility index (Phi) is 12.1. The van der Waals surface area contributed by atoms with Crippen molar-refractivity contribution in [3.8, 4) is 11.1 Å². The second-order valence-electron chi connectivity index (χ2n) is 10.4. The molecule has 1 amide bonds. The molecule has 0 fully saturated rings. The molecule has 3 aromatic carbocycles. The Labute approximate surface area is 266 Å². The van der Waals surface area contributed by atoms with Crippen LogP contribution in [0.4, 0.5) is 44.3 Å². The number of alkyl halides is 9. The minimum Gasteiger partial charge on any atom is -0.480 e. The van der Waals surface area contributed by atoms with Gasteiger partial charge in [-0.1, -0.05) is 48.5 Å². The monoisotopic (exact) mass is 694 g/mol. The summed E-state index contributed by atoms with van der Waals surface area (Å²) in [4.78, 5) is 33.0. The maximum absolute atomic E-state index is 13.0. The van der Waals surface area contributed by atoms with Crippen LogP contribution in [0.2, 0.25) is 0 Å². The zero-order valence-corrected chi connectivity index (χ0v) is 24.5. The maximum atomic E-state index is 13.0. The normalized spacial score (nSPS) is 13.4. The lowest BCUT2D eigenvalue weighted by Crippen LogP contribution is -2.41. The lowest BCUT2D eigenvalue weighted by molar-refractivity contribution is -0.192. The van der Waals surface area contributed by atoms with E-state index < -0.39 is 53.7 Å². The standard InChI is InChI=1S/C29H26F6N2O4.C2HF3O2/c30-28(31,32)18-12-17(13-19(14-18)29(33,34)35)15-36-11-5-10-25(26(38)39)37-27(40)41-16-24-22-8-3-1-6-20(22)21-7-2-4-9-23(21)24;3-2(4,5)1(6)7/h1-4,6-9,12-14,24-25,36H,5,10-11,15-16H2,(H,37,40)(H,38,39);(H,6,7)/t25-;/m0./s1. The van der Waals surface area contributed by atoms with Crippen molar-refractivity contribution < 1.29 is 68.8 Å². The quantitative estimate of drug-likeness (QED) is 0.131. The Bertz CT molecular complexity index is 1530. The molecule has 1 aliphatic rings. The smallest absolute Gasteiger partial charge is 0.480 e. The average molecular weight is 695 g/mol. The SMILES string of the molecule is O=C(N[C@@H](CCCNCc1cc(C(F)(F)F)cc(C(F)(F)F)c1)C(=O)O)OCC1c2ccccc2-c2ccccc21.O=C(O)C(F)(F)F. The molecule has 17 heteroatoms. The van der Waals surface area contributed by atoms with Crippen molar-refractivity contribution >= 4 is 18.0 Å². The van der Waals surface area contributed by atoms with Crippen LogP contribution >= 0.6 is 0 Å². The van der Waals surface area contributed by atoms with Crippen molar-refractivity contribution in [2.24, 2.45) is 0 Å². The summed E-state index contributed by atoms with van der Waals surface area (Å²) in [7, 11) is 0. The largest absolute Gasteiger partial charge is 0.490 e. The van der Waals surface area contributed by atoms with Gasteiger partial charge >= 0.3 is 36.6 Å². The highest BCUT2D eigenvalue weighted by Gasteiger charge is 2.38. The van der Waals surface area contributed by atoms with Crippen molar-refractivity contribution in [3.63, 3.8) is 0 Å². The van der Waals surface area contributed by atoms with Gasteiger partial charge in [0.25, 0.3) is 0 Å². The number of carbonyl (C=O) groups excluding carboxylic acids is 1. The van der Waals surface area contributed by atoms with E-state index in [0.29, 0.717) is 12.1 Å². The zero-order chi connectivity index (χ0) is 35.9. The second-order valence-corrected chi connectivity index (χ2v) is 10.4. The lowest BCUT2D eigenvalue weighted by Gasteiger charge is -2.18. The van der Waals surface area contributed by atoms with E-state index in [9.17, 15) is 54.2 Å². The molecule has 260 valence electrons. The molecule has 0 spiro atoms. The number of carboxylic acids is 2. The van der Waals surface area contributed by atoms with Gasteiger partial charge in [0.1, 0.15) is 12.6 Å². The van der Waals surface area contributed by atoms with E-state index in [2.05, 4.69) is 10.6 Å². The Hall–Kier alpha value is -4.80. The van der Waals surface area contributed by atoms with Gasteiger partial charge in [-0.05, 0) is 65.4 Å². The lowest BCUT2D eigenvalue weighted by atomic mass is 9.98. The Morgan fingerprint density at radius 1 is 0.771 bits per heavy atom. The molecule has 1 atom stereocenters. The fourth-order valence-corrected chi connectivity index (χ4v) is 4.83. The number of rotatable bonds is 10. The number of ether oxygens (including phenoxy) is 1. The van der Waals surface area contributed by atoms with Gasteiger partial charge in [0.15, 0.2) is 0 Å². The van der Waals surface area contributed by atoms with Crippen LogP contribution in [0.3, 0.4) is 0 Å². The fraction of sp³-hybridized carbons (Fsp3) is 0.323. The van der Waals surface area contributed by atoms with E-state index in [0.717, 1.165) is 22.3 Å². The van der Waals surface area contributed by atoms with Crippen LogP contribution in [0.5, 0.6) is 0 Å². The van der Waals surface area contributed by atoms with Crippen LogP contribution < -0.4 is 10.6 Å². The second kappa shape index (κ2) is 15.4. The maximum Gasteiger partial charge on any atom is 0.490 e. The molecular formula is C31H27F9N2O6. The van der Waals surface area contributed by atoms with Crippen LogP contribution in [-0.2, 0) is 33.2 Å². The fourth-order valence-electron chi connectivity index (χ4n) is 4.83. The van der Waals surface area contributed by atoms with E-state index >= 15 is 0 Å². The number of carboxylic acid groups (broad SMARTS) is 2. The first-order valence-electron chi connectivity index (χ1n) is 13.9. The number of hydrogen-bond donors (Lipinski definition) is 4. The molecule has 3 aromatic rings. The van der Waals surface area contributed by atoms with Crippen LogP contribution in [-0.4, -0.2) is 53.6 Å². The molecule has 0 heterocycles. The number of halogens is 9. The van der Waals surface area contributed by atoms with Gasteiger partial charge in [-0.2, -0.15) is 39.5 Å². The van der Waals surface area contributed by atoms with Crippen molar-refractivity contribution in [1.29, 1.82) is 0 Å². The first-order chi connectivity index (χ1) is 22.3. The summed E-state index contributed by atoms with van der Waals surface area (Å²) in [5.74, 6) is -4.28. The molecule has 4 rings (SSSR count). The molecule has 4 N–H and O–H groups in total. The molecule has 1 aliphatic carbocycles. The van der Waals surface area contributed by atoms with Gasteiger partial charge in [-0.15, -0.1) is 0 Å². The molecule has 0 bridgehead atoms. The highest BCUT2D eigenvalue weighted by atomic mass is 19.4. The van der Waals surface area contributed by atoms with Crippen molar-refractivity contribution in [3.05, 3.63) is 94.5 Å². The predicted octanol–water partition coefficient (Wildman–Crippen LogP) is 7.22.